The van der Waals surface area contributed by atoms with Crippen LogP contribution in [0.1, 0.15) is 10.4 Å². The fourth-order valence-electron chi connectivity index (χ4n) is 4.28. The summed E-state index contributed by atoms with van der Waals surface area (Å²) in [6, 6.07) is 22.2. The Morgan fingerprint density at radius 3 is 2.44 bits per heavy atom. The minimum absolute atomic E-state index is 0.0480. The van der Waals surface area contributed by atoms with Gasteiger partial charge in [-0.25, -0.2) is 0 Å². The highest BCUT2D eigenvalue weighted by atomic mass is 35.5. The van der Waals surface area contributed by atoms with E-state index in [1.54, 1.807) is 23.9 Å². The van der Waals surface area contributed by atoms with Gasteiger partial charge < -0.3 is 19.9 Å². The van der Waals surface area contributed by atoms with E-state index in [4.69, 9.17) is 16.3 Å². The largest absolute Gasteiger partial charge is 0.494 e. The summed E-state index contributed by atoms with van der Waals surface area (Å²) in [7, 11) is 1.58. The maximum absolute atomic E-state index is 12.8. The van der Waals surface area contributed by atoms with Crippen LogP contribution in [0.3, 0.4) is 0 Å². The molecule has 0 radical (unpaired) electrons. The number of amides is 2. The zero-order chi connectivity index (χ0) is 27.2. The van der Waals surface area contributed by atoms with Crippen molar-refractivity contribution in [3.63, 3.8) is 0 Å². The van der Waals surface area contributed by atoms with Crippen molar-refractivity contribution in [3.8, 4) is 11.4 Å². The van der Waals surface area contributed by atoms with E-state index in [2.05, 4.69) is 25.7 Å². The molecule has 200 valence electrons. The summed E-state index contributed by atoms with van der Waals surface area (Å²) in [6.07, 6.45) is 0. The zero-order valence-electron chi connectivity index (χ0n) is 21.2. The number of nitrogens with one attached hydrogen (secondary N) is 1. The van der Waals surface area contributed by atoms with Crippen molar-refractivity contribution in [1.29, 1.82) is 0 Å². The summed E-state index contributed by atoms with van der Waals surface area (Å²) in [5, 5.41) is 15.7. The second kappa shape index (κ2) is 12.2. The van der Waals surface area contributed by atoms with E-state index in [9.17, 15) is 9.59 Å². The van der Waals surface area contributed by atoms with Crippen LogP contribution in [0.15, 0.2) is 78.0 Å². The first kappa shape index (κ1) is 26.5. The number of nitrogens with zero attached hydrogens (tertiary/aromatic N) is 6. The standard InChI is InChI=1S/C27H26ClN7O3S/c1-38-24-9-5-4-8-23(24)35-27(30-31-32-35)39-18-25(36)29-19-10-12-20(13-11-19)33-14-16-34(17-15-33)26(37)21-6-2-3-7-22(21)28/h2-13H,14-18H2,1H3,(H,29,36). The van der Waals surface area contributed by atoms with Gasteiger partial charge in [0.1, 0.15) is 11.4 Å². The molecular formula is C27H26ClN7O3S. The average molecular weight is 564 g/mol. The maximum atomic E-state index is 12.8. The van der Waals surface area contributed by atoms with E-state index in [1.165, 1.54) is 11.8 Å². The molecular weight excluding hydrogens is 538 g/mol. The first-order chi connectivity index (χ1) is 19.0. The van der Waals surface area contributed by atoms with Crippen LogP contribution in [0.2, 0.25) is 5.02 Å². The van der Waals surface area contributed by atoms with Crippen molar-refractivity contribution in [1.82, 2.24) is 25.1 Å². The van der Waals surface area contributed by atoms with Crippen molar-refractivity contribution >= 4 is 46.6 Å². The topological polar surface area (TPSA) is 105 Å². The third kappa shape index (κ3) is 6.15. The molecule has 0 unspecified atom stereocenters. The number of hydrogen-bond acceptors (Lipinski definition) is 8. The van der Waals surface area contributed by atoms with Crippen molar-refractivity contribution in [2.24, 2.45) is 0 Å². The number of halogens is 1. The Hall–Kier alpha value is -4.09. The van der Waals surface area contributed by atoms with Crippen LogP contribution in [-0.4, -0.2) is 76.0 Å². The molecule has 1 saturated heterocycles. The molecule has 1 aliphatic heterocycles. The number of carbonyl (C=O) groups is 2. The fourth-order valence-corrected chi connectivity index (χ4v) is 5.18. The monoisotopic (exact) mass is 563 g/mol. The number of rotatable bonds is 8. The molecule has 0 spiro atoms. The molecule has 5 rings (SSSR count). The van der Waals surface area contributed by atoms with Gasteiger partial charge in [0.2, 0.25) is 11.1 Å². The molecule has 4 aromatic rings. The number of piperazine rings is 1. The summed E-state index contributed by atoms with van der Waals surface area (Å²) in [4.78, 5) is 29.5. The van der Waals surface area contributed by atoms with Crippen molar-refractivity contribution in [2.45, 2.75) is 5.16 Å². The number of para-hydroxylation sites is 2. The second-order valence-electron chi connectivity index (χ2n) is 8.69. The van der Waals surface area contributed by atoms with E-state index < -0.39 is 0 Å². The van der Waals surface area contributed by atoms with Crippen LogP contribution in [0, 0.1) is 0 Å². The number of ether oxygens (including phenoxy) is 1. The Labute approximate surface area is 234 Å². The number of benzene rings is 3. The molecule has 0 atom stereocenters. The summed E-state index contributed by atoms with van der Waals surface area (Å²) in [5.41, 5.74) is 2.95. The van der Waals surface area contributed by atoms with Crippen LogP contribution in [-0.2, 0) is 4.79 Å². The summed E-state index contributed by atoms with van der Waals surface area (Å²) in [6.45, 7) is 2.63. The Balaban J connectivity index is 1.13. The lowest BCUT2D eigenvalue weighted by Gasteiger charge is -2.36. The van der Waals surface area contributed by atoms with Crippen LogP contribution in [0.5, 0.6) is 5.75 Å². The minimum atomic E-state index is -0.172. The normalized spacial score (nSPS) is 13.3. The quantitative estimate of drug-likeness (QED) is 0.321. The van der Waals surface area contributed by atoms with Crippen LogP contribution in [0.4, 0.5) is 11.4 Å². The number of methoxy groups -OCH3 is 1. The smallest absolute Gasteiger partial charge is 0.255 e. The first-order valence-corrected chi connectivity index (χ1v) is 13.6. The van der Waals surface area contributed by atoms with Gasteiger partial charge >= 0.3 is 0 Å². The number of thioether (sulfide) groups is 1. The minimum Gasteiger partial charge on any atom is -0.494 e. The lowest BCUT2D eigenvalue weighted by molar-refractivity contribution is -0.113. The zero-order valence-corrected chi connectivity index (χ0v) is 22.7. The second-order valence-corrected chi connectivity index (χ2v) is 10.0. The van der Waals surface area contributed by atoms with Gasteiger partial charge in [0.25, 0.3) is 5.91 Å². The number of anilines is 2. The number of aromatic nitrogens is 4. The van der Waals surface area contributed by atoms with Gasteiger partial charge in [-0.1, -0.05) is 47.6 Å². The van der Waals surface area contributed by atoms with Crippen molar-refractivity contribution in [2.75, 3.05) is 49.3 Å². The molecule has 1 aliphatic rings. The van der Waals surface area contributed by atoms with E-state index >= 15 is 0 Å². The van der Waals surface area contributed by atoms with Crippen LogP contribution >= 0.6 is 23.4 Å². The average Bonchev–Trinajstić information content (AvgIpc) is 3.45. The van der Waals surface area contributed by atoms with Gasteiger partial charge in [-0.3, -0.25) is 9.59 Å². The van der Waals surface area contributed by atoms with E-state index in [0.29, 0.717) is 59.0 Å². The SMILES string of the molecule is COc1ccccc1-n1nnnc1SCC(=O)Nc1ccc(N2CCN(C(=O)c3ccccc3Cl)CC2)cc1. The van der Waals surface area contributed by atoms with Crippen LogP contribution < -0.4 is 15.0 Å². The van der Waals surface area contributed by atoms with Crippen molar-refractivity contribution < 1.29 is 14.3 Å². The maximum Gasteiger partial charge on any atom is 0.255 e. The molecule has 12 heteroatoms. The lowest BCUT2D eigenvalue weighted by Crippen LogP contribution is -2.48. The molecule has 3 aromatic carbocycles. The third-order valence-electron chi connectivity index (χ3n) is 6.27. The molecule has 0 aliphatic carbocycles. The fraction of sp³-hybridized carbons (Fsp3) is 0.222. The molecule has 0 bridgehead atoms. The van der Waals surface area contributed by atoms with Gasteiger partial charge in [0.15, 0.2) is 0 Å². The van der Waals surface area contributed by atoms with Gasteiger partial charge in [-0.2, -0.15) is 4.68 Å². The third-order valence-corrected chi connectivity index (χ3v) is 7.52. The van der Waals surface area contributed by atoms with Gasteiger partial charge in [-0.05, 0) is 59.0 Å². The van der Waals surface area contributed by atoms with E-state index in [0.717, 1.165) is 5.69 Å². The Morgan fingerprint density at radius 1 is 0.974 bits per heavy atom. The van der Waals surface area contributed by atoms with Crippen molar-refractivity contribution in [3.05, 3.63) is 83.4 Å². The highest BCUT2D eigenvalue weighted by molar-refractivity contribution is 7.99. The molecule has 2 amide bonds. The summed E-state index contributed by atoms with van der Waals surface area (Å²) in [5.74, 6) is 0.547. The summed E-state index contributed by atoms with van der Waals surface area (Å²) >= 11 is 7.43. The Bertz CT molecular complexity index is 1460. The Kier molecular flexibility index (Phi) is 8.28. The van der Waals surface area contributed by atoms with E-state index in [-0.39, 0.29) is 17.6 Å². The molecule has 1 aromatic heterocycles. The molecule has 1 fully saturated rings. The molecule has 39 heavy (non-hydrogen) atoms. The lowest BCUT2D eigenvalue weighted by atomic mass is 10.1. The van der Waals surface area contributed by atoms with Crippen LogP contribution in [0.25, 0.3) is 5.69 Å². The van der Waals surface area contributed by atoms with Gasteiger partial charge in [0, 0.05) is 37.6 Å². The molecule has 1 N–H and O–H groups in total. The molecule has 10 nitrogen and oxygen atoms in total. The number of hydrogen-bond donors (Lipinski definition) is 1. The predicted molar refractivity (Wildman–Crippen MR) is 151 cm³/mol. The molecule has 0 saturated carbocycles. The first-order valence-electron chi connectivity index (χ1n) is 12.3. The van der Waals surface area contributed by atoms with Gasteiger partial charge in [0.05, 0.1) is 23.4 Å². The van der Waals surface area contributed by atoms with E-state index in [1.807, 2.05) is 65.6 Å². The molecule has 2 heterocycles. The number of carbonyl (C=O) groups excluding carboxylic acids is 2. The number of tetrazole rings is 1. The summed E-state index contributed by atoms with van der Waals surface area (Å²) < 4.78 is 6.94. The predicted octanol–water partition coefficient (Wildman–Crippen LogP) is 4.02. The van der Waals surface area contributed by atoms with Gasteiger partial charge in [-0.15, -0.1) is 5.10 Å². The highest BCUT2D eigenvalue weighted by Crippen LogP contribution is 2.26. The highest BCUT2D eigenvalue weighted by Gasteiger charge is 2.23. The Morgan fingerprint density at radius 2 is 1.69 bits per heavy atom.